The van der Waals surface area contributed by atoms with Gasteiger partial charge in [0.15, 0.2) is 0 Å². The number of benzene rings is 1. The number of hydrogen-bond acceptors (Lipinski definition) is 4. The Morgan fingerprint density at radius 3 is 2.61 bits per heavy atom. The Kier molecular flexibility index (Phi) is 4.38. The van der Waals surface area contributed by atoms with Gasteiger partial charge < -0.3 is 15.5 Å². The number of halogens is 1. The molecule has 1 aromatic rings. The first-order valence-corrected chi connectivity index (χ1v) is 6.25. The van der Waals surface area contributed by atoms with Crippen molar-refractivity contribution >= 4 is 0 Å². The van der Waals surface area contributed by atoms with Crippen LogP contribution in [0.25, 0.3) is 0 Å². The fraction of sp³-hybridized carbons (Fsp3) is 0.538. The van der Waals surface area contributed by atoms with Gasteiger partial charge in [0.25, 0.3) is 0 Å². The summed E-state index contributed by atoms with van der Waals surface area (Å²) in [4.78, 5) is 2.17. The normalized spacial score (nSPS) is 18.7. The van der Waals surface area contributed by atoms with Crippen molar-refractivity contribution in [2.45, 2.75) is 12.5 Å². The van der Waals surface area contributed by atoms with Gasteiger partial charge in [-0.15, -0.1) is 0 Å². The van der Waals surface area contributed by atoms with Crippen LogP contribution in [0.3, 0.4) is 0 Å². The Labute approximate surface area is 106 Å². The Bertz CT molecular complexity index is 395. The van der Waals surface area contributed by atoms with Crippen molar-refractivity contribution in [2.75, 3.05) is 32.9 Å². The average molecular weight is 254 g/mol. The molecule has 1 aliphatic heterocycles. The molecule has 5 heteroatoms. The van der Waals surface area contributed by atoms with Crippen molar-refractivity contribution < 1.29 is 14.6 Å². The molecule has 1 aromatic carbocycles. The number of phenols is 2. The summed E-state index contributed by atoms with van der Waals surface area (Å²) in [7, 11) is 0. The lowest BCUT2D eigenvalue weighted by molar-refractivity contribution is 0.155. The minimum Gasteiger partial charge on any atom is -0.508 e. The van der Waals surface area contributed by atoms with E-state index in [1.54, 1.807) is 6.07 Å². The third-order valence-electron chi connectivity index (χ3n) is 3.35. The number of nitrogens with zero attached hydrogens (tertiary/aromatic N) is 1. The summed E-state index contributed by atoms with van der Waals surface area (Å²) in [5.74, 6) is 0.0579. The van der Waals surface area contributed by atoms with E-state index in [0.29, 0.717) is 12.0 Å². The van der Waals surface area contributed by atoms with E-state index < -0.39 is 6.67 Å². The maximum absolute atomic E-state index is 12.7. The van der Waals surface area contributed by atoms with E-state index in [0.717, 1.165) is 26.2 Å². The molecule has 0 bridgehead atoms. The molecule has 18 heavy (non-hydrogen) atoms. The van der Waals surface area contributed by atoms with Crippen LogP contribution in [0.2, 0.25) is 0 Å². The largest absolute Gasteiger partial charge is 0.508 e. The van der Waals surface area contributed by atoms with Crippen molar-refractivity contribution in [1.82, 2.24) is 10.2 Å². The maximum atomic E-state index is 12.7. The summed E-state index contributed by atoms with van der Waals surface area (Å²) < 4.78 is 12.7. The van der Waals surface area contributed by atoms with Gasteiger partial charge in [-0.2, -0.15) is 0 Å². The zero-order valence-corrected chi connectivity index (χ0v) is 10.3. The molecule has 1 heterocycles. The minimum absolute atomic E-state index is 0.0237. The van der Waals surface area contributed by atoms with E-state index in [9.17, 15) is 14.6 Å². The molecule has 1 atom stereocenters. The van der Waals surface area contributed by atoms with E-state index in [2.05, 4.69) is 10.2 Å². The summed E-state index contributed by atoms with van der Waals surface area (Å²) in [6, 6.07) is 4.39. The quantitative estimate of drug-likeness (QED) is 0.760. The number of phenolic OH excluding ortho intramolecular Hbond substituents is 2. The van der Waals surface area contributed by atoms with Crippen LogP contribution in [0.1, 0.15) is 18.0 Å². The van der Waals surface area contributed by atoms with Gasteiger partial charge in [0.05, 0.1) is 6.67 Å². The minimum atomic E-state index is -0.422. The van der Waals surface area contributed by atoms with Gasteiger partial charge in [-0.05, 0) is 12.5 Å². The van der Waals surface area contributed by atoms with Crippen LogP contribution >= 0.6 is 0 Å². The molecule has 2 rings (SSSR count). The summed E-state index contributed by atoms with van der Waals surface area (Å²) in [5, 5.41) is 22.4. The maximum Gasteiger partial charge on any atom is 0.124 e. The zero-order valence-electron chi connectivity index (χ0n) is 10.3. The van der Waals surface area contributed by atoms with E-state index in [4.69, 9.17) is 0 Å². The third kappa shape index (κ3) is 2.91. The fourth-order valence-electron chi connectivity index (χ4n) is 2.45. The van der Waals surface area contributed by atoms with Crippen LogP contribution in [0.4, 0.5) is 4.39 Å². The second-order valence-corrected chi connectivity index (χ2v) is 4.52. The molecule has 0 radical (unpaired) electrons. The Hall–Kier alpha value is -1.33. The van der Waals surface area contributed by atoms with Crippen molar-refractivity contribution in [1.29, 1.82) is 0 Å². The van der Waals surface area contributed by atoms with Gasteiger partial charge in [-0.25, -0.2) is 0 Å². The number of rotatable bonds is 4. The number of aromatic hydroxyl groups is 2. The molecular weight excluding hydrogens is 235 g/mol. The van der Waals surface area contributed by atoms with Crippen LogP contribution in [-0.4, -0.2) is 48.0 Å². The molecule has 0 saturated carbocycles. The van der Waals surface area contributed by atoms with Crippen molar-refractivity contribution in [3.8, 4) is 11.5 Å². The fourth-order valence-corrected chi connectivity index (χ4v) is 2.45. The van der Waals surface area contributed by atoms with E-state index >= 15 is 0 Å². The van der Waals surface area contributed by atoms with Crippen molar-refractivity contribution in [3.63, 3.8) is 0 Å². The van der Waals surface area contributed by atoms with E-state index in [1.165, 1.54) is 12.1 Å². The molecule has 0 aliphatic carbocycles. The van der Waals surface area contributed by atoms with Crippen LogP contribution < -0.4 is 5.32 Å². The highest BCUT2D eigenvalue weighted by atomic mass is 19.1. The molecule has 1 fully saturated rings. The van der Waals surface area contributed by atoms with Gasteiger partial charge >= 0.3 is 0 Å². The highest BCUT2D eigenvalue weighted by Crippen LogP contribution is 2.33. The molecule has 1 saturated heterocycles. The Morgan fingerprint density at radius 1 is 1.28 bits per heavy atom. The zero-order chi connectivity index (χ0) is 13.0. The lowest BCUT2D eigenvalue weighted by Gasteiger charge is -2.35. The summed E-state index contributed by atoms with van der Waals surface area (Å²) in [6.07, 6.45) is 0.359. The van der Waals surface area contributed by atoms with Gasteiger partial charge in [0.2, 0.25) is 0 Å². The first kappa shape index (κ1) is 13.1. The van der Waals surface area contributed by atoms with Gasteiger partial charge in [0, 0.05) is 43.9 Å². The van der Waals surface area contributed by atoms with Gasteiger partial charge in [0.1, 0.15) is 11.5 Å². The number of piperazine rings is 1. The van der Waals surface area contributed by atoms with Crippen LogP contribution in [0.15, 0.2) is 18.2 Å². The SMILES string of the molecule is Oc1ccc([C@@H](CCF)N2CCNCC2)c(O)c1. The average Bonchev–Trinajstić information content (AvgIpc) is 2.38. The van der Waals surface area contributed by atoms with Crippen LogP contribution in [-0.2, 0) is 0 Å². The predicted octanol–water partition coefficient (Wildman–Crippen LogP) is 1.40. The topological polar surface area (TPSA) is 55.7 Å². The molecule has 0 amide bonds. The molecule has 4 nitrogen and oxygen atoms in total. The Balaban J connectivity index is 2.22. The highest BCUT2D eigenvalue weighted by molar-refractivity contribution is 5.40. The van der Waals surface area contributed by atoms with E-state index in [1.807, 2.05) is 0 Å². The first-order valence-electron chi connectivity index (χ1n) is 6.25. The monoisotopic (exact) mass is 254 g/mol. The lowest BCUT2D eigenvalue weighted by Crippen LogP contribution is -2.45. The molecule has 0 spiro atoms. The lowest BCUT2D eigenvalue weighted by atomic mass is 10.0. The second-order valence-electron chi connectivity index (χ2n) is 4.52. The van der Waals surface area contributed by atoms with E-state index in [-0.39, 0.29) is 17.5 Å². The summed E-state index contributed by atoms with van der Waals surface area (Å²) in [6.45, 7) is 3.01. The molecular formula is C13H19FN2O2. The van der Waals surface area contributed by atoms with Gasteiger partial charge in [-0.3, -0.25) is 9.29 Å². The van der Waals surface area contributed by atoms with Crippen LogP contribution in [0, 0.1) is 0 Å². The predicted molar refractivity (Wildman–Crippen MR) is 67.5 cm³/mol. The highest BCUT2D eigenvalue weighted by Gasteiger charge is 2.24. The molecule has 0 aromatic heterocycles. The smallest absolute Gasteiger partial charge is 0.124 e. The summed E-state index contributed by atoms with van der Waals surface area (Å²) in [5.41, 5.74) is 0.687. The summed E-state index contributed by atoms with van der Waals surface area (Å²) >= 11 is 0. The first-order chi connectivity index (χ1) is 8.72. The number of hydrogen-bond donors (Lipinski definition) is 3. The molecule has 100 valence electrons. The Morgan fingerprint density at radius 2 is 2.00 bits per heavy atom. The van der Waals surface area contributed by atoms with Crippen molar-refractivity contribution in [2.24, 2.45) is 0 Å². The van der Waals surface area contributed by atoms with Crippen LogP contribution in [0.5, 0.6) is 11.5 Å². The second kappa shape index (κ2) is 6.02. The molecule has 3 N–H and O–H groups in total. The standard InChI is InChI=1S/C13H19FN2O2/c14-4-3-12(16-7-5-15-6-8-16)11-2-1-10(17)9-13(11)18/h1-2,9,12,15,17-18H,3-8H2/t12-/m1/s1. The number of alkyl halides is 1. The van der Waals surface area contributed by atoms with Crippen molar-refractivity contribution in [3.05, 3.63) is 23.8 Å². The van der Waals surface area contributed by atoms with Gasteiger partial charge in [-0.1, -0.05) is 6.07 Å². The molecule has 1 aliphatic rings. The third-order valence-corrected chi connectivity index (χ3v) is 3.35. The number of nitrogens with one attached hydrogen (secondary N) is 1. The molecule has 0 unspecified atom stereocenters.